The van der Waals surface area contributed by atoms with Gasteiger partial charge in [0.05, 0.1) is 11.1 Å². The molecule has 4 rings (SSSR count). The average Bonchev–Trinajstić information content (AvgIpc) is 2.68. The van der Waals surface area contributed by atoms with Gasteiger partial charge in [0.15, 0.2) is 0 Å². The molecule has 0 radical (unpaired) electrons. The van der Waals surface area contributed by atoms with Crippen molar-refractivity contribution in [2.24, 2.45) is 0 Å². The summed E-state index contributed by atoms with van der Waals surface area (Å²) in [6, 6.07) is 14.6. The minimum atomic E-state index is -0.962. The van der Waals surface area contributed by atoms with Crippen LogP contribution in [0.15, 0.2) is 48.5 Å². The molecule has 146 valence electrons. The summed E-state index contributed by atoms with van der Waals surface area (Å²) < 4.78 is 0. The molecule has 3 aromatic rings. The van der Waals surface area contributed by atoms with E-state index in [0.717, 1.165) is 42.9 Å². The molecule has 28 heavy (non-hydrogen) atoms. The van der Waals surface area contributed by atoms with Gasteiger partial charge < -0.3 is 20.2 Å². The van der Waals surface area contributed by atoms with Crippen molar-refractivity contribution in [1.82, 2.24) is 14.9 Å². The van der Waals surface area contributed by atoms with Crippen LogP contribution in [0.2, 0.25) is 0 Å². The number of halogens is 1. The van der Waals surface area contributed by atoms with Gasteiger partial charge in [-0.05, 0) is 37.4 Å². The highest BCUT2D eigenvalue weighted by atomic mass is 35.5. The number of nitrogens with one attached hydrogen (secondary N) is 1. The zero-order valence-corrected chi connectivity index (χ0v) is 16.3. The Morgan fingerprint density at radius 2 is 1.79 bits per heavy atom. The molecule has 2 aromatic carbocycles. The SMILES string of the molecule is CN1CCN(c2nc(Nc3cccc(C(=O)O)c3)nc3ccccc23)CC1.Cl. The Bertz CT molecular complexity index is 989. The summed E-state index contributed by atoms with van der Waals surface area (Å²) in [5.74, 6) is 0.409. The van der Waals surface area contributed by atoms with Gasteiger partial charge in [-0.3, -0.25) is 0 Å². The molecule has 0 spiro atoms. The van der Waals surface area contributed by atoms with Crippen molar-refractivity contribution in [3.63, 3.8) is 0 Å². The highest BCUT2D eigenvalue weighted by Crippen LogP contribution is 2.27. The Hall–Kier alpha value is -2.90. The van der Waals surface area contributed by atoms with Crippen LogP contribution in [0.5, 0.6) is 0 Å². The number of benzene rings is 2. The number of aromatic nitrogens is 2. The number of aromatic carboxylic acids is 1. The molecule has 2 N–H and O–H groups in total. The predicted octanol–water partition coefficient (Wildman–Crippen LogP) is 3.25. The van der Waals surface area contributed by atoms with E-state index in [1.165, 1.54) is 0 Å². The lowest BCUT2D eigenvalue weighted by molar-refractivity contribution is 0.0697. The van der Waals surface area contributed by atoms with Gasteiger partial charge in [0.1, 0.15) is 5.82 Å². The number of piperazine rings is 1. The molecule has 8 heteroatoms. The van der Waals surface area contributed by atoms with Gasteiger partial charge in [0.25, 0.3) is 0 Å². The zero-order valence-electron chi connectivity index (χ0n) is 15.5. The first kappa shape index (κ1) is 19.9. The molecular formula is C20H22ClN5O2. The molecule has 0 unspecified atom stereocenters. The lowest BCUT2D eigenvalue weighted by Crippen LogP contribution is -2.45. The Morgan fingerprint density at radius 3 is 2.54 bits per heavy atom. The molecule has 1 aliphatic heterocycles. The summed E-state index contributed by atoms with van der Waals surface area (Å²) in [7, 11) is 2.12. The van der Waals surface area contributed by atoms with Crippen LogP contribution >= 0.6 is 12.4 Å². The number of rotatable bonds is 4. The minimum Gasteiger partial charge on any atom is -0.478 e. The van der Waals surface area contributed by atoms with Crippen molar-refractivity contribution in [3.05, 3.63) is 54.1 Å². The largest absolute Gasteiger partial charge is 0.478 e. The van der Waals surface area contributed by atoms with Crippen LogP contribution in [-0.2, 0) is 0 Å². The van der Waals surface area contributed by atoms with E-state index in [-0.39, 0.29) is 18.0 Å². The number of likely N-dealkylation sites (N-methyl/N-ethyl adjacent to an activating group) is 1. The zero-order chi connectivity index (χ0) is 18.8. The van der Waals surface area contributed by atoms with Crippen molar-refractivity contribution < 1.29 is 9.90 Å². The standard InChI is InChI=1S/C20H21N5O2.ClH/c1-24-9-11-25(12-10-24)18-16-7-2-3-8-17(16)22-20(23-18)21-15-6-4-5-14(13-15)19(26)27;/h2-8,13H,9-12H2,1H3,(H,26,27)(H,21,22,23);1H. The highest BCUT2D eigenvalue weighted by Gasteiger charge is 2.19. The quantitative estimate of drug-likeness (QED) is 0.696. The second-order valence-electron chi connectivity index (χ2n) is 6.69. The third-order valence-corrected chi connectivity index (χ3v) is 4.75. The van der Waals surface area contributed by atoms with Crippen LogP contribution in [0.1, 0.15) is 10.4 Å². The monoisotopic (exact) mass is 399 g/mol. The third-order valence-electron chi connectivity index (χ3n) is 4.75. The first-order valence-corrected chi connectivity index (χ1v) is 8.91. The van der Waals surface area contributed by atoms with Gasteiger partial charge in [-0.25, -0.2) is 9.78 Å². The van der Waals surface area contributed by atoms with Gasteiger partial charge >= 0.3 is 5.97 Å². The second-order valence-corrected chi connectivity index (χ2v) is 6.69. The smallest absolute Gasteiger partial charge is 0.335 e. The maximum absolute atomic E-state index is 11.2. The van der Waals surface area contributed by atoms with E-state index in [9.17, 15) is 9.90 Å². The van der Waals surface area contributed by atoms with Gasteiger partial charge in [0.2, 0.25) is 5.95 Å². The van der Waals surface area contributed by atoms with E-state index in [1.807, 2.05) is 24.3 Å². The van der Waals surface area contributed by atoms with Crippen molar-refractivity contribution in [2.45, 2.75) is 0 Å². The maximum atomic E-state index is 11.2. The molecule has 0 atom stereocenters. The van der Waals surface area contributed by atoms with Crippen LogP contribution in [-0.4, -0.2) is 59.2 Å². The average molecular weight is 400 g/mol. The van der Waals surface area contributed by atoms with Crippen LogP contribution in [0, 0.1) is 0 Å². The van der Waals surface area contributed by atoms with Crippen LogP contribution in [0.25, 0.3) is 10.9 Å². The first-order chi connectivity index (χ1) is 13.1. The molecule has 1 aliphatic rings. The Labute approximate surface area is 169 Å². The number of para-hydroxylation sites is 1. The number of carboxylic acids is 1. The van der Waals surface area contributed by atoms with Crippen LogP contribution < -0.4 is 10.2 Å². The summed E-state index contributed by atoms with van der Waals surface area (Å²) in [6.45, 7) is 3.79. The van der Waals surface area contributed by atoms with Gasteiger partial charge in [-0.1, -0.05) is 18.2 Å². The van der Waals surface area contributed by atoms with E-state index in [0.29, 0.717) is 11.6 Å². The highest BCUT2D eigenvalue weighted by molar-refractivity contribution is 5.91. The molecule has 1 aromatic heterocycles. The summed E-state index contributed by atoms with van der Waals surface area (Å²) in [6.07, 6.45) is 0. The molecular weight excluding hydrogens is 378 g/mol. The van der Waals surface area contributed by atoms with Crippen LogP contribution in [0.3, 0.4) is 0 Å². The number of carbonyl (C=O) groups is 1. The van der Waals surface area contributed by atoms with Crippen molar-refractivity contribution in [3.8, 4) is 0 Å². The van der Waals surface area contributed by atoms with Crippen molar-refractivity contribution >= 4 is 46.7 Å². The Morgan fingerprint density at radius 1 is 1.04 bits per heavy atom. The molecule has 0 amide bonds. The van der Waals surface area contributed by atoms with E-state index >= 15 is 0 Å². The molecule has 1 saturated heterocycles. The van der Waals surface area contributed by atoms with Gasteiger partial charge in [-0.2, -0.15) is 4.98 Å². The second kappa shape index (κ2) is 8.41. The molecule has 2 heterocycles. The Balaban J connectivity index is 0.00000225. The topological polar surface area (TPSA) is 81.6 Å². The number of fused-ring (bicyclic) bond motifs is 1. The summed E-state index contributed by atoms with van der Waals surface area (Å²) in [5.41, 5.74) is 1.73. The van der Waals surface area contributed by atoms with E-state index in [2.05, 4.69) is 27.1 Å². The summed E-state index contributed by atoms with van der Waals surface area (Å²) in [4.78, 5) is 25.1. The maximum Gasteiger partial charge on any atom is 0.335 e. The fourth-order valence-electron chi connectivity index (χ4n) is 3.23. The fraction of sp³-hybridized carbons (Fsp3) is 0.250. The van der Waals surface area contributed by atoms with Gasteiger partial charge in [-0.15, -0.1) is 12.4 Å². The lowest BCUT2D eigenvalue weighted by Gasteiger charge is -2.33. The van der Waals surface area contributed by atoms with E-state index < -0.39 is 5.97 Å². The molecule has 0 aliphatic carbocycles. The van der Waals surface area contributed by atoms with E-state index in [4.69, 9.17) is 4.98 Å². The fourth-order valence-corrected chi connectivity index (χ4v) is 3.23. The number of nitrogens with zero attached hydrogens (tertiary/aromatic N) is 4. The number of hydrogen-bond donors (Lipinski definition) is 2. The van der Waals surface area contributed by atoms with Gasteiger partial charge in [0, 0.05) is 37.3 Å². The Kier molecular flexibility index (Phi) is 5.96. The van der Waals surface area contributed by atoms with Crippen molar-refractivity contribution in [1.29, 1.82) is 0 Å². The number of hydrogen-bond acceptors (Lipinski definition) is 6. The number of anilines is 3. The minimum absolute atomic E-state index is 0. The van der Waals surface area contributed by atoms with Crippen molar-refractivity contribution in [2.75, 3.05) is 43.4 Å². The molecule has 7 nitrogen and oxygen atoms in total. The predicted molar refractivity (Wildman–Crippen MR) is 113 cm³/mol. The van der Waals surface area contributed by atoms with E-state index in [1.54, 1.807) is 24.3 Å². The first-order valence-electron chi connectivity index (χ1n) is 8.91. The van der Waals surface area contributed by atoms with Crippen LogP contribution in [0.4, 0.5) is 17.5 Å². The normalized spacial score (nSPS) is 14.5. The summed E-state index contributed by atoms with van der Waals surface area (Å²) >= 11 is 0. The number of carboxylic acid groups (broad SMARTS) is 1. The molecule has 0 bridgehead atoms. The third kappa shape index (κ3) is 4.16. The summed E-state index contributed by atoms with van der Waals surface area (Å²) in [5, 5.41) is 13.4. The molecule has 0 saturated carbocycles. The lowest BCUT2D eigenvalue weighted by atomic mass is 10.2. The molecule has 1 fully saturated rings.